The van der Waals surface area contributed by atoms with Crippen LogP contribution in [0.1, 0.15) is 19.4 Å². The van der Waals surface area contributed by atoms with E-state index in [0.717, 1.165) is 14.7 Å². The number of hydrogen-bond donors (Lipinski definition) is 2. The predicted molar refractivity (Wildman–Crippen MR) is 97.8 cm³/mol. The molecule has 7 nitrogen and oxygen atoms in total. The van der Waals surface area contributed by atoms with E-state index in [4.69, 9.17) is 0 Å². The van der Waals surface area contributed by atoms with Gasteiger partial charge >= 0.3 is 5.69 Å². The molecule has 0 saturated heterocycles. The number of anilines is 1. The number of benzene rings is 2. The number of tetrazole rings is 1. The Morgan fingerprint density at radius 1 is 1.20 bits per heavy atom. The lowest BCUT2D eigenvalue weighted by Gasteiger charge is -2.24. The molecule has 3 rings (SSSR count). The van der Waals surface area contributed by atoms with Crippen molar-refractivity contribution in [3.05, 3.63) is 69.1 Å². The maximum atomic E-state index is 12.7. The van der Waals surface area contributed by atoms with Crippen LogP contribution < -0.4 is 11.0 Å². The van der Waals surface area contributed by atoms with Gasteiger partial charge in [-0.3, -0.25) is 4.79 Å². The predicted octanol–water partition coefficient (Wildman–Crippen LogP) is 2.63. The van der Waals surface area contributed by atoms with Gasteiger partial charge in [0.15, 0.2) is 0 Å². The minimum Gasteiger partial charge on any atom is -0.325 e. The fourth-order valence-electron chi connectivity index (χ4n) is 2.35. The Balaban J connectivity index is 1.79. The molecule has 0 unspecified atom stereocenters. The summed E-state index contributed by atoms with van der Waals surface area (Å²) in [5.74, 6) is -0.128. The summed E-state index contributed by atoms with van der Waals surface area (Å²) in [6.07, 6.45) is 0. The minimum atomic E-state index is -0.703. The van der Waals surface area contributed by atoms with Gasteiger partial charge in [-0.05, 0) is 66.2 Å². The molecule has 0 saturated carbocycles. The summed E-state index contributed by atoms with van der Waals surface area (Å²) < 4.78 is 2.06. The van der Waals surface area contributed by atoms with Gasteiger partial charge < -0.3 is 5.32 Å². The van der Waals surface area contributed by atoms with Crippen LogP contribution in [0.5, 0.6) is 0 Å². The highest BCUT2D eigenvalue weighted by Crippen LogP contribution is 2.27. The number of H-pyrrole nitrogens is 1. The molecule has 0 spiro atoms. The van der Waals surface area contributed by atoms with Crippen LogP contribution in [0.3, 0.4) is 0 Å². The van der Waals surface area contributed by atoms with Gasteiger partial charge in [0.05, 0.1) is 11.1 Å². The molecule has 1 heterocycles. The zero-order valence-electron chi connectivity index (χ0n) is 13.7. The van der Waals surface area contributed by atoms with Gasteiger partial charge in [0.1, 0.15) is 0 Å². The molecule has 8 heteroatoms. The molecule has 2 N–H and O–H groups in total. The number of nitrogens with zero attached hydrogens (tertiary/aromatic N) is 3. The Hall–Kier alpha value is -2.74. The standard InChI is InChI=1S/C17H16BrN5O2/c1-17(2,11-4-3-5-12(18)10-11)15(24)19-13-6-8-14(9-7-13)23-16(25)20-21-22-23/h3-10H,1-2H3,(H,19,24)(H,20,22,25). The molecule has 0 fully saturated rings. The number of halogens is 1. The highest BCUT2D eigenvalue weighted by molar-refractivity contribution is 9.10. The Kier molecular flexibility index (Phi) is 4.54. The van der Waals surface area contributed by atoms with Gasteiger partial charge in [0, 0.05) is 10.2 Å². The van der Waals surface area contributed by atoms with Crippen molar-refractivity contribution in [1.29, 1.82) is 0 Å². The first-order chi connectivity index (χ1) is 11.9. The number of carbonyl (C=O) groups is 1. The van der Waals surface area contributed by atoms with Crippen molar-refractivity contribution in [2.24, 2.45) is 0 Å². The van der Waals surface area contributed by atoms with Gasteiger partial charge in [-0.25, -0.2) is 9.89 Å². The van der Waals surface area contributed by atoms with E-state index in [0.29, 0.717) is 11.4 Å². The fraction of sp³-hybridized carbons (Fsp3) is 0.176. The lowest BCUT2D eigenvalue weighted by Crippen LogP contribution is -2.34. The van der Waals surface area contributed by atoms with Gasteiger partial charge in [-0.2, -0.15) is 4.68 Å². The number of rotatable bonds is 4. The minimum absolute atomic E-state index is 0.128. The highest BCUT2D eigenvalue weighted by atomic mass is 79.9. The van der Waals surface area contributed by atoms with Crippen LogP contribution in [0.25, 0.3) is 5.69 Å². The van der Waals surface area contributed by atoms with Gasteiger partial charge in [-0.15, -0.1) is 0 Å². The van der Waals surface area contributed by atoms with Gasteiger partial charge in [0.2, 0.25) is 5.91 Å². The van der Waals surface area contributed by atoms with E-state index in [-0.39, 0.29) is 5.91 Å². The number of aromatic amines is 1. The first-order valence-electron chi connectivity index (χ1n) is 7.56. The Bertz CT molecular complexity index is 959. The Labute approximate surface area is 152 Å². The molecule has 2 aromatic carbocycles. The summed E-state index contributed by atoms with van der Waals surface area (Å²) in [7, 11) is 0. The van der Waals surface area contributed by atoms with Gasteiger partial charge in [-0.1, -0.05) is 28.1 Å². The number of hydrogen-bond acceptors (Lipinski definition) is 4. The summed E-state index contributed by atoms with van der Waals surface area (Å²) >= 11 is 3.43. The third kappa shape index (κ3) is 3.53. The van der Waals surface area contributed by atoms with Crippen LogP contribution in [-0.2, 0) is 10.2 Å². The lowest BCUT2D eigenvalue weighted by atomic mass is 9.83. The van der Waals surface area contributed by atoms with E-state index in [2.05, 4.69) is 36.8 Å². The van der Waals surface area contributed by atoms with Crippen LogP contribution in [0, 0.1) is 0 Å². The molecule has 0 aliphatic heterocycles. The first-order valence-corrected chi connectivity index (χ1v) is 8.35. The quantitative estimate of drug-likeness (QED) is 0.702. The second-order valence-electron chi connectivity index (χ2n) is 6.05. The third-order valence-electron chi connectivity index (χ3n) is 3.96. The van der Waals surface area contributed by atoms with Crippen molar-refractivity contribution in [2.75, 3.05) is 5.32 Å². The second kappa shape index (κ2) is 6.64. The SMILES string of the molecule is CC(C)(C(=O)Nc1ccc(-n2nn[nH]c2=O)cc1)c1cccc(Br)c1. The molecule has 0 bridgehead atoms. The van der Waals surface area contributed by atoms with Crippen LogP contribution >= 0.6 is 15.9 Å². The van der Waals surface area contributed by atoms with E-state index < -0.39 is 11.1 Å². The van der Waals surface area contributed by atoms with Crippen molar-refractivity contribution in [3.63, 3.8) is 0 Å². The zero-order valence-corrected chi connectivity index (χ0v) is 15.2. The molecule has 128 valence electrons. The highest BCUT2D eigenvalue weighted by Gasteiger charge is 2.30. The van der Waals surface area contributed by atoms with Crippen molar-refractivity contribution in [3.8, 4) is 5.69 Å². The molecule has 0 aliphatic carbocycles. The fourth-order valence-corrected chi connectivity index (χ4v) is 2.75. The monoisotopic (exact) mass is 401 g/mol. The summed E-state index contributed by atoms with van der Waals surface area (Å²) in [5, 5.41) is 12.2. The summed E-state index contributed by atoms with van der Waals surface area (Å²) in [6.45, 7) is 3.74. The molecule has 1 aromatic heterocycles. The third-order valence-corrected chi connectivity index (χ3v) is 4.45. The molecular formula is C17H16BrN5O2. The molecule has 3 aromatic rings. The summed E-state index contributed by atoms with van der Waals surface area (Å²) in [4.78, 5) is 24.2. The van der Waals surface area contributed by atoms with Crippen LogP contribution in [0.2, 0.25) is 0 Å². The van der Waals surface area contributed by atoms with Crippen molar-refractivity contribution >= 4 is 27.5 Å². The Morgan fingerprint density at radius 3 is 2.52 bits per heavy atom. The topological polar surface area (TPSA) is 92.7 Å². The Morgan fingerprint density at radius 2 is 1.92 bits per heavy atom. The zero-order chi connectivity index (χ0) is 18.0. The number of amides is 1. The van der Waals surface area contributed by atoms with Gasteiger partial charge in [0.25, 0.3) is 0 Å². The van der Waals surface area contributed by atoms with E-state index >= 15 is 0 Å². The number of nitrogens with one attached hydrogen (secondary N) is 2. The van der Waals surface area contributed by atoms with Crippen molar-refractivity contribution in [2.45, 2.75) is 19.3 Å². The van der Waals surface area contributed by atoms with Crippen LogP contribution in [-0.4, -0.2) is 26.1 Å². The van der Waals surface area contributed by atoms with Crippen molar-refractivity contribution < 1.29 is 4.79 Å². The molecule has 0 radical (unpaired) electrons. The summed E-state index contributed by atoms with van der Waals surface area (Å²) in [6, 6.07) is 14.5. The van der Waals surface area contributed by atoms with Crippen LogP contribution in [0.4, 0.5) is 5.69 Å². The first kappa shape index (κ1) is 17.1. The molecule has 25 heavy (non-hydrogen) atoms. The van der Waals surface area contributed by atoms with Crippen molar-refractivity contribution in [1.82, 2.24) is 20.2 Å². The average molecular weight is 402 g/mol. The second-order valence-corrected chi connectivity index (χ2v) is 6.97. The summed E-state index contributed by atoms with van der Waals surface area (Å²) in [5.41, 5.74) is 0.972. The number of aromatic nitrogens is 4. The van der Waals surface area contributed by atoms with E-state index in [1.807, 2.05) is 38.1 Å². The molecular weight excluding hydrogens is 386 g/mol. The molecule has 0 atom stereocenters. The lowest BCUT2D eigenvalue weighted by molar-refractivity contribution is -0.120. The largest absolute Gasteiger partial charge is 0.365 e. The van der Waals surface area contributed by atoms with E-state index in [1.54, 1.807) is 24.3 Å². The van der Waals surface area contributed by atoms with E-state index in [9.17, 15) is 9.59 Å². The maximum Gasteiger partial charge on any atom is 0.365 e. The normalized spacial score (nSPS) is 11.3. The van der Waals surface area contributed by atoms with E-state index in [1.165, 1.54) is 0 Å². The molecule has 1 amide bonds. The maximum absolute atomic E-state index is 12.7. The molecule has 0 aliphatic rings. The average Bonchev–Trinajstić information content (AvgIpc) is 3.01. The smallest absolute Gasteiger partial charge is 0.325 e. The van der Waals surface area contributed by atoms with Crippen LogP contribution in [0.15, 0.2) is 57.8 Å². The number of carbonyl (C=O) groups excluding carboxylic acids is 1.